The molecular formula is C14H23N3O. The Hall–Kier alpha value is -1.13. The highest BCUT2D eigenvalue weighted by atomic mass is 16.2. The van der Waals surface area contributed by atoms with Crippen LogP contribution in [0.2, 0.25) is 0 Å². The van der Waals surface area contributed by atoms with E-state index in [1.165, 1.54) is 24.9 Å². The van der Waals surface area contributed by atoms with Crippen LogP contribution >= 0.6 is 0 Å². The Bertz CT molecular complexity index is 353. The summed E-state index contributed by atoms with van der Waals surface area (Å²) in [6.07, 6.45) is 6.52. The van der Waals surface area contributed by atoms with Gasteiger partial charge in [0, 0.05) is 32.4 Å². The van der Waals surface area contributed by atoms with Crippen molar-refractivity contribution in [2.75, 3.05) is 25.5 Å². The molecule has 1 unspecified atom stereocenters. The third kappa shape index (κ3) is 3.43. The molecule has 1 aliphatic heterocycles. The topological polar surface area (TPSA) is 48.4 Å². The van der Waals surface area contributed by atoms with E-state index in [0.29, 0.717) is 12.6 Å². The maximum absolute atomic E-state index is 8.92. The maximum Gasteiger partial charge on any atom is 0.125 e. The third-order valence-corrected chi connectivity index (χ3v) is 3.66. The second-order valence-corrected chi connectivity index (χ2v) is 4.93. The van der Waals surface area contributed by atoms with Gasteiger partial charge in [-0.25, -0.2) is 4.98 Å². The number of hydrogen-bond acceptors (Lipinski definition) is 4. The summed E-state index contributed by atoms with van der Waals surface area (Å²) >= 11 is 0. The molecule has 0 saturated carbocycles. The number of aromatic nitrogens is 1. The van der Waals surface area contributed by atoms with Crippen LogP contribution in [0.1, 0.15) is 31.2 Å². The monoisotopic (exact) mass is 249 g/mol. The molecule has 2 heterocycles. The molecule has 1 fully saturated rings. The summed E-state index contributed by atoms with van der Waals surface area (Å²) in [7, 11) is 1.88. The van der Waals surface area contributed by atoms with Crippen molar-refractivity contribution in [2.24, 2.45) is 0 Å². The molecule has 1 aromatic heterocycles. The average molecular weight is 249 g/mol. The van der Waals surface area contributed by atoms with E-state index >= 15 is 0 Å². The molecule has 0 aromatic carbocycles. The lowest BCUT2D eigenvalue weighted by Gasteiger charge is -2.24. The summed E-state index contributed by atoms with van der Waals surface area (Å²) in [5, 5.41) is 12.0. The van der Waals surface area contributed by atoms with Crippen LogP contribution in [0.15, 0.2) is 18.3 Å². The molecule has 1 aliphatic rings. The summed E-state index contributed by atoms with van der Waals surface area (Å²) < 4.78 is 0. The van der Waals surface area contributed by atoms with Gasteiger partial charge in [0.25, 0.3) is 0 Å². The van der Waals surface area contributed by atoms with Crippen LogP contribution in [-0.2, 0) is 6.54 Å². The van der Waals surface area contributed by atoms with Crippen molar-refractivity contribution in [1.82, 2.24) is 9.88 Å². The van der Waals surface area contributed by atoms with Gasteiger partial charge in [0.1, 0.15) is 5.82 Å². The Morgan fingerprint density at radius 2 is 2.39 bits per heavy atom. The normalized spacial score (nSPS) is 20.2. The van der Waals surface area contributed by atoms with Gasteiger partial charge in [-0.05, 0) is 43.9 Å². The number of nitrogens with one attached hydrogen (secondary N) is 1. The van der Waals surface area contributed by atoms with E-state index in [4.69, 9.17) is 5.11 Å². The highest BCUT2D eigenvalue weighted by Gasteiger charge is 2.23. The highest BCUT2D eigenvalue weighted by Crippen LogP contribution is 2.23. The lowest BCUT2D eigenvalue weighted by molar-refractivity contribution is 0.210. The number of likely N-dealkylation sites (tertiary alicyclic amines) is 1. The van der Waals surface area contributed by atoms with Gasteiger partial charge in [0.05, 0.1) is 0 Å². The maximum atomic E-state index is 8.92. The first-order chi connectivity index (χ1) is 8.83. The third-order valence-electron chi connectivity index (χ3n) is 3.66. The molecular weight excluding hydrogens is 226 g/mol. The van der Waals surface area contributed by atoms with Gasteiger partial charge < -0.3 is 10.4 Å². The van der Waals surface area contributed by atoms with Crippen molar-refractivity contribution < 1.29 is 5.11 Å². The number of nitrogens with zero attached hydrogens (tertiary/aromatic N) is 2. The number of aliphatic hydroxyl groups excluding tert-OH is 1. The minimum atomic E-state index is 0.308. The standard InChI is InChI=1S/C14H23N3O/c1-15-14-7-6-12(10-16-14)11-17-8-2-4-13(17)5-3-9-18/h6-7,10,13,18H,2-5,8-9,11H2,1H3,(H,15,16). The van der Waals surface area contributed by atoms with Crippen LogP contribution < -0.4 is 5.32 Å². The first kappa shape index (κ1) is 13.3. The van der Waals surface area contributed by atoms with E-state index in [2.05, 4.69) is 21.3 Å². The first-order valence-electron chi connectivity index (χ1n) is 6.81. The largest absolute Gasteiger partial charge is 0.396 e. The molecule has 100 valence electrons. The zero-order valence-electron chi connectivity index (χ0n) is 11.1. The minimum Gasteiger partial charge on any atom is -0.396 e. The molecule has 4 nitrogen and oxygen atoms in total. The quantitative estimate of drug-likeness (QED) is 0.808. The van der Waals surface area contributed by atoms with Gasteiger partial charge in [-0.2, -0.15) is 0 Å². The van der Waals surface area contributed by atoms with E-state index in [1.807, 2.05) is 19.3 Å². The van der Waals surface area contributed by atoms with E-state index in [1.54, 1.807) is 0 Å². The van der Waals surface area contributed by atoms with Crippen LogP contribution in [0.25, 0.3) is 0 Å². The van der Waals surface area contributed by atoms with E-state index in [0.717, 1.165) is 25.2 Å². The summed E-state index contributed by atoms with van der Waals surface area (Å²) in [5.41, 5.74) is 1.27. The van der Waals surface area contributed by atoms with Crippen LogP contribution in [0.3, 0.4) is 0 Å². The van der Waals surface area contributed by atoms with Crippen molar-refractivity contribution in [3.8, 4) is 0 Å². The van der Waals surface area contributed by atoms with E-state index in [9.17, 15) is 0 Å². The van der Waals surface area contributed by atoms with Crippen molar-refractivity contribution in [3.63, 3.8) is 0 Å². The Morgan fingerprint density at radius 3 is 3.06 bits per heavy atom. The molecule has 1 saturated heterocycles. The fraction of sp³-hybridized carbons (Fsp3) is 0.643. The van der Waals surface area contributed by atoms with Crippen LogP contribution in [0, 0.1) is 0 Å². The van der Waals surface area contributed by atoms with Gasteiger partial charge in [-0.15, -0.1) is 0 Å². The van der Waals surface area contributed by atoms with Crippen molar-refractivity contribution in [1.29, 1.82) is 0 Å². The smallest absolute Gasteiger partial charge is 0.125 e. The summed E-state index contributed by atoms with van der Waals surface area (Å²) in [4.78, 5) is 6.87. The fourth-order valence-electron chi connectivity index (χ4n) is 2.66. The second-order valence-electron chi connectivity index (χ2n) is 4.93. The highest BCUT2D eigenvalue weighted by molar-refractivity contribution is 5.34. The first-order valence-corrected chi connectivity index (χ1v) is 6.81. The number of aliphatic hydroxyl groups is 1. The molecule has 0 radical (unpaired) electrons. The Balaban J connectivity index is 1.90. The molecule has 2 N–H and O–H groups in total. The lowest BCUT2D eigenvalue weighted by Crippen LogP contribution is -2.29. The Morgan fingerprint density at radius 1 is 1.50 bits per heavy atom. The summed E-state index contributed by atoms with van der Waals surface area (Å²) in [5.74, 6) is 0.914. The molecule has 2 rings (SSSR count). The molecule has 4 heteroatoms. The molecule has 0 bridgehead atoms. The zero-order valence-corrected chi connectivity index (χ0v) is 11.1. The van der Waals surface area contributed by atoms with Crippen molar-refractivity contribution >= 4 is 5.82 Å². The Labute approximate surface area is 109 Å². The van der Waals surface area contributed by atoms with E-state index in [-0.39, 0.29) is 0 Å². The van der Waals surface area contributed by atoms with Crippen LogP contribution in [0.5, 0.6) is 0 Å². The number of anilines is 1. The van der Waals surface area contributed by atoms with Gasteiger partial charge in [0.2, 0.25) is 0 Å². The summed E-state index contributed by atoms with van der Waals surface area (Å²) in [6, 6.07) is 4.80. The van der Waals surface area contributed by atoms with Crippen LogP contribution in [-0.4, -0.2) is 41.2 Å². The fourth-order valence-corrected chi connectivity index (χ4v) is 2.66. The predicted octanol–water partition coefficient (Wildman–Crippen LogP) is 1.86. The van der Waals surface area contributed by atoms with Gasteiger partial charge in [0.15, 0.2) is 0 Å². The average Bonchev–Trinajstić information content (AvgIpc) is 2.84. The molecule has 0 amide bonds. The van der Waals surface area contributed by atoms with Gasteiger partial charge in [-0.1, -0.05) is 6.07 Å². The minimum absolute atomic E-state index is 0.308. The zero-order chi connectivity index (χ0) is 12.8. The predicted molar refractivity (Wildman–Crippen MR) is 73.5 cm³/mol. The molecule has 0 aliphatic carbocycles. The molecule has 1 atom stereocenters. The number of pyridine rings is 1. The number of rotatable bonds is 6. The van der Waals surface area contributed by atoms with Crippen molar-refractivity contribution in [2.45, 2.75) is 38.3 Å². The van der Waals surface area contributed by atoms with Crippen molar-refractivity contribution in [3.05, 3.63) is 23.9 Å². The second kappa shape index (κ2) is 6.71. The van der Waals surface area contributed by atoms with Gasteiger partial charge in [-0.3, -0.25) is 4.90 Å². The van der Waals surface area contributed by atoms with E-state index < -0.39 is 0 Å². The number of hydrogen-bond donors (Lipinski definition) is 2. The SMILES string of the molecule is CNc1ccc(CN2CCCC2CCCO)cn1. The Kier molecular flexibility index (Phi) is 4.96. The molecule has 0 spiro atoms. The van der Waals surface area contributed by atoms with Gasteiger partial charge >= 0.3 is 0 Å². The summed E-state index contributed by atoms with van der Waals surface area (Å²) in [6.45, 7) is 2.46. The molecule has 18 heavy (non-hydrogen) atoms. The van der Waals surface area contributed by atoms with Crippen LogP contribution in [0.4, 0.5) is 5.82 Å². The molecule has 1 aromatic rings. The lowest BCUT2D eigenvalue weighted by atomic mass is 10.1.